The number of ether oxygens (including phenoxy) is 1. The first-order chi connectivity index (χ1) is 13.7. The van der Waals surface area contributed by atoms with Crippen LogP contribution in [0.25, 0.3) is 10.8 Å². The predicted molar refractivity (Wildman–Crippen MR) is 122 cm³/mol. The van der Waals surface area contributed by atoms with Crippen molar-refractivity contribution >= 4 is 52.7 Å². The van der Waals surface area contributed by atoms with Crippen molar-refractivity contribution in [3.63, 3.8) is 0 Å². The average molecular weight is 453 g/mol. The highest BCUT2D eigenvalue weighted by atomic mass is 32.2. The lowest BCUT2D eigenvalue weighted by Crippen LogP contribution is -2.44. The van der Waals surface area contributed by atoms with Crippen LogP contribution in [0.4, 0.5) is 0 Å². The van der Waals surface area contributed by atoms with Crippen molar-refractivity contribution in [3.05, 3.63) is 42.5 Å². The van der Waals surface area contributed by atoms with Gasteiger partial charge in [0.2, 0.25) is 0 Å². The van der Waals surface area contributed by atoms with Crippen LogP contribution in [0.15, 0.2) is 42.5 Å². The van der Waals surface area contributed by atoms with E-state index in [2.05, 4.69) is 18.9 Å². The van der Waals surface area contributed by atoms with E-state index < -0.39 is 19.7 Å². The monoisotopic (exact) mass is 452 g/mol. The molecule has 29 heavy (non-hydrogen) atoms. The molecule has 1 fully saturated rings. The SMILES string of the molecule is COC(=O)[C@H](C)N[P@@](=O)(Oc1ccc2ccccc2c1)N1C(=S)SC[C@@H]1C(C)C. The van der Waals surface area contributed by atoms with Crippen LogP contribution in [0.1, 0.15) is 20.8 Å². The number of carbonyl (C=O) groups is 1. The van der Waals surface area contributed by atoms with Crippen LogP contribution in [0.5, 0.6) is 5.75 Å². The van der Waals surface area contributed by atoms with Crippen molar-refractivity contribution < 1.29 is 18.6 Å². The van der Waals surface area contributed by atoms with E-state index in [-0.39, 0.29) is 12.0 Å². The number of thioether (sulfide) groups is 1. The number of methoxy groups -OCH3 is 1. The fourth-order valence-corrected chi connectivity index (χ4v) is 7.78. The third-order valence-electron chi connectivity index (χ3n) is 4.79. The van der Waals surface area contributed by atoms with Gasteiger partial charge in [-0.15, -0.1) is 0 Å². The second-order valence-corrected chi connectivity index (χ2v) is 10.8. The van der Waals surface area contributed by atoms with E-state index in [1.807, 2.05) is 36.4 Å². The zero-order valence-corrected chi connectivity index (χ0v) is 19.4. The lowest BCUT2D eigenvalue weighted by molar-refractivity contribution is -0.142. The molecular weight excluding hydrogens is 427 g/mol. The molecule has 0 radical (unpaired) electrons. The van der Waals surface area contributed by atoms with E-state index >= 15 is 0 Å². The van der Waals surface area contributed by atoms with E-state index in [0.717, 1.165) is 16.5 Å². The molecule has 9 heteroatoms. The van der Waals surface area contributed by atoms with Crippen molar-refractivity contribution in [3.8, 4) is 5.75 Å². The van der Waals surface area contributed by atoms with Gasteiger partial charge in [-0.3, -0.25) is 9.46 Å². The highest BCUT2D eigenvalue weighted by Gasteiger charge is 2.47. The van der Waals surface area contributed by atoms with Crippen LogP contribution in [-0.2, 0) is 14.1 Å². The van der Waals surface area contributed by atoms with Crippen LogP contribution < -0.4 is 9.61 Å². The van der Waals surface area contributed by atoms with Crippen LogP contribution in [0.3, 0.4) is 0 Å². The molecule has 0 aliphatic carbocycles. The topological polar surface area (TPSA) is 67.9 Å². The van der Waals surface area contributed by atoms with Crippen LogP contribution in [-0.4, -0.2) is 39.9 Å². The van der Waals surface area contributed by atoms with E-state index in [1.54, 1.807) is 17.7 Å². The second-order valence-electron chi connectivity index (χ2n) is 7.23. The summed E-state index contributed by atoms with van der Waals surface area (Å²) in [5, 5.41) is 4.90. The van der Waals surface area contributed by atoms with Gasteiger partial charge in [-0.1, -0.05) is 68.2 Å². The average Bonchev–Trinajstić information content (AvgIpc) is 3.09. The Balaban J connectivity index is 2.00. The summed E-state index contributed by atoms with van der Waals surface area (Å²) in [4.78, 5) is 12.0. The smallest absolute Gasteiger partial charge is 0.421 e. The van der Waals surface area contributed by atoms with E-state index in [1.165, 1.54) is 18.9 Å². The Morgan fingerprint density at radius 3 is 2.59 bits per heavy atom. The maximum absolute atomic E-state index is 14.2. The maximum Gasteiger partial charge on any atom is 0.421 e. The Morgan fingerprint density at radius 2 is 1.93 bits per heavy atom. The van der Waals surface area contributed by atoms with Crippen molar-refractivity contribution in [2.45, 2.75) is 32.9 Å². The largest absolute Gasteiger partial charge is 0.468 e. The van der Waals surface area contributed by atoms with Crippen LogP contribution in [0, 0.1) is 5.92 Å². The van der Waals surface area contributed by atoms with Gasteiger partial charge in [-0.2, -0.15) is 0 Å². The Labute approximate surface area is 180 Å². The van der Waals surface area contributed by atoms with Crippen molar-refractivity contribution in [1.82, 2.24) is 9.76 Å². The molecule has 0 amide bonds. The van der Waals surface area contributed by atoms with Gasteiger partial charge in [0, 0.05) is 5.75 Å². The van der Waals surface area contributed by atoms with Crippen LogP contribution in [0.2, 0.25) is 0 Å². The van der Waals surface area contributed by atoms with Gasteiger partial charge in [-0.05, 0) is 35.7 Å². The standard InChI is InChI=1S/C20H25N2O4PS2/c1-13(2)18-12-29-20(28)22(18)27(24,21-14(3)19(23)25-4)26-17-10-9-15-7-5-6-8-16(15)11-17/h5-11,13-14,18H,12H2,1-4H3,(H,21,24)/t14-,18+,27+/m0/s1. The Bertz CT molecular complexity index is 968. The molecule has 1 aliphatic rings. The van der Waals surface area contributed by atoms with E-state index in [0.29, 0.717) is 10.1 Å². The molecule has 1 N–H and O–H groups in total. The van der Waals surface area contributed by atoms with Gasteiger partial charge in [-0.25, -0.2) is 9.65 Å². The first kappa shape index (κ1) is 22.1. The summed E-state index contributed by atoms with van der Waals surface area (Å²) < 4.78 is 27.2. The van der Waals surface area contributed by atoms with Crippen molar-refractivity contribution in [2.24, 2.45) is 5.92 Å². The van der Waals surface area contributed by atoms with E-state index in [9.17, 15) is 9.36 Å². The number of benzene rings is 2. The molecule has 156 valence electrons. The van der Waals surface area contributed by atoms with Crippen LogP contribution >= 0.6 is 31.7 Å². The molecule has 1 heterocycles. The molecule has 1 saturated heterocycles. The number of esters is 1. The Hall–Kier alpha value is -1.60. The minimum Gasteiger partial charge on any atom is -0.468 e. The quantitative estimate of drug-likeness (QED) is 0.364. The number of hydrogen-bond acceptors (Lipinski definition) is 6. The van der Waals surface area contributed by atoms with Gasteiger partial charge < -0.3 is 9.26 Å². The Kier molecular flexibility index (Phi) is 6.89. The molecule has 0 aromatic heterocycles. The number of hydrogen-bond donors (Lipinski definition) is 1. The number of nitrogens with one attached hydrogen (secondary N) is 1. The molecule has 1 aliphatic heterocycles. The second kappa shape index (κ2) is 9.04. The summed E-state index contributed by atoms with van der Waals surface area (Å²) in [5.41, 5.74) is 0. The zero-order valence-electron chi connectivity index (χ0n) is 16.8. The summed E-state index contributed by atoms with van der Waals surface area (Å²) in [7, 11) is -2.44. The summed E-state index contributed by atoms with van der Waals surface area (Å²) in [6, 6.07) is 12.5. The predicted octanol–water partition coefficient (Wildman–Crippen LogP) is 4.84. The first-order valence-electron chi connectivity index (χ1n) is 9.35. The minimum absolute atomic E-state index is 0.0730. The number of thiocarbonyl (C=S) groups is 1. The Morgan fingerprint density at radius 1 is 1.24 bits per heavy atom. The van der Waals surface area contributed by atoms with Gasteiger partial charge in [0.15, 0.2) is 0 Å². The minimum atomic E-state index is -3.74. The maximum atomic E-state index is 14.2. The molecule has 0 saturated carbocycles. The number of fused-ring (bicyclic) bond motifs is 1. The molecular formula is C20H25N2O4PS2. The zero-order chi connectivity index (χ0) is 21.2. The van der Waals surface area contributed by atoms with E-state index in [4.69, 9.17) is 21.5 Å². The molecule has 6 nitrogen and oxygen atoms in total. The normalized spacial score (nSPS) is 20.0. The third kappa shape index (κ3) is 4.77. The summed E-state index contributed by atoms with van der Waals surface area (Å²) in [5.74, 6) is 0.840. The molecule has 0 unspecified atom stereocenters. The van der Waals surface area contributed by atoms with Crippen molar-refractivity contribution in [1.29, 1.82) is 0 Å². The number of rotatable bonds is 7. The molecule has 0 bridgehead atoms. The molecule has 3 rings (SSSR count). The highest BCUT2D eigenvalue weighted by molar-refractivity contribution is 8.23. The summed E-state index contributed by atoms with van der Waals surface area (Å²) >= 11 is 6.98. The van der Waals surface area contributed by atoms with Gasteiger partial charge in [0.05, 0.1) is 13.2 Å². The van der Waals surface area contributed by atoms with Crippen molar-refractivity contribution in [2.75, 3.05) is 12.9 Å². The molecule has 3 atom stereocenters. The first-order valence-corrected chi connectivity index (χ1v) is 12.3. The highest BCUT2D eigenvalue weighted by Crippen LogP contribution is 2.54. The fourth-order valence-electron chi connectivity index (χ4n) is 3.18. The molecule has 2 aromatic carbocycles. The summed E-state index contributed by atoms with van der Waals surface area (Å²) in [6.45, 7) is 5.70. The number of carbonyl (C=O) groups excluding carboxylic acids is 1. The molecule has 0 spiro atoms. The van der Waals surface area contributed by atoms with Gasteiger partial charge in [0.25, 0.3) is 0 Å². The molecule has 2 aromatic rings. The fraction of sp³-hybridized carbons (Fsp3) is 0.400. The lowest BCUT2D eigenvalue weighted by atomic mass is 10.1. The number of nitrogens with zero attached hydrogens (tertiary/aromatic N) is 1. The summed E-state index contributed by atoms with van der Waals surface area (Å²) in [6.07, 6.45) is 0. The van der Waals surface area contributed by atoms with Gasteiger partial charge in [0.1, 0.15) is 16.1 Å². The lowest BCUT2D eigenvalue weighted by Gasteiger charge is -2.35. The third-order valence-corrected chi connectivity index (χ3v) is 8.80. The van der Waals surface area contributed by atoms with Gasteiger partial charge >= 0.3 is 13.6 Å².